The molecule has 30 heavy (non-hydrogen) atoms. The molecule has 0 spiro atoms. The van der Waals surface area contributed by atoms with Crippen LogP contribution in [0, 0.1) is 0 Å². The largest absolute Gasteiger partial charge is 0.378 e. The summed E-state index contributed by atoms with van der Waals surface area (Å²) in [4.78, 5) is 22.8. The van der Waals surface area contributed by atoms with Gasteiger partial charge in [0.1, 0.15) is 13.1 Å². The van der Waals surface area contributed by atoms with Gasteiger partial charge in [-0.15, -0.1) is 0 Å². The van der Waals surface area contributed by atoms with E-state index in [0.717, 1.165) is 61.8 Å². The SMILES string of the molecule is CP(C)(=O)N1CC(N2CCc3c(-c4cnc(N)nc4)nc(N4CCOCC4)nc32)C1. The maximum atomic E-state index is 12.4. The second-order valence-corrected chi connectivity index (χ2v) is 11.5. The third-order valence-corrected chi connectivity index (χ3v) is 7.74. The molecule has 3 aliphatic heterocycles. The van der Waals surface area contributed by atoms with Crippen molar-refractivity contribution in [3.63, 3.8) is 0 Å². The van der Waals surface area contributed by atoms with Crippen LogP contribution >= 0.6 is 7.29 Å². The molecule has 11 heteroatoms. The van der Waals surface area contributed by atoms with Gasteiger partial charge in [-0.05, 0) is 6.42 Å². The summed E-state index contributed by atoms with van der Waals surface area (Å²) in [6, 6.07) is 0.322. The van der Waals surface area contributed by atoms with Crippen molar-refractivity contribution >= 4 is 25.0 Å². The highest BCUT2D eigenvalue weighted by molar-refractivity contribution is 7.59. The number of nitrogens with two attached hydrogens (primary N) is 1. The minimum absolute atomic E-state index is 0.248. The van der Waals surface area contributed by atoms with Gasteiger partial charge in [-0.2, -0.15) is 4.98 Å². The number of morpholine rings is 1. The van der Waals surface area contributed by atoms with E-state index in [-0.39, 0.29) is 5.95 Å². The number of nitrogen functional groups attached to an aromatic ring is 1. The minimum Gasteiger partial charge on any atom is -0.378 e. The van der Waals surface area contributed by atoms with Crippen molar-refractivity contribution in [1.82, 2.24) is 24.6 Å². The zero-order valence-corrected chi connectivity index (χ0v) is 18.3. The molecule has 3 aliphatic rings. The molecular formula is C19H27N8O2P. The molecule has 0 atom stereocenters. The second-order valence-electron chi connectivity index (χ2n) is 8.37. The second kappa shape index (κ2) is 7.44. The Morgan fingerprint density at radius 2 is 1.80 bits per heavy atom. The van der Waals surface area contributed by atoms with E-state index in [1.165, 1.54) is 0 Å². The van der Waals surface area contributed by atoms with E-state index in [1.807, 2.05) is 13.3 Å². The zero-order valence-electron chi connectivity index (χ0n) is 17.4. The summed E-state index contributed by atoms with van der Waals surface area (Å²) in [6.45, 7) is 9.04. The van der Waals surface area contributed by atoms with Gasteiger partial charge in [0.15, 0.2) is 0 Å². The third kappa shape index (κ3) is 3.53. The van der Waals surface area contributed by atoms with Gasteiger partial charge in [0.05, 0.1) is 24.9 Å². The Bertz CT molecular complexity index is 983. The van der Waals surface area contributed by atoms with Crippen LogP contribution in [-0.4, -0.2) is 89.9 Å². The Morgan fingerprint density at radius 1 is 1.10 bits per heavy atom. The number of rotatable bonds is 4. The van der Waals surface area contributed by atoms with Gasteiger partial charge in [-0.3, -0.25) is 0 Å². The molecule has 0 bridgehead atoms. The summed E-state index contributed by atoms with van der Waals surface area (Å²) in [5.74, 6) is 1.94. The first-order valence-electron chi connectivity index (χ1n) is 10.3. The first kappa shape index (κ1) is 19.7. The van der Waals surface area contributed by atoms with E-state index in [2.05, 4.69) is 24.4 Å². The summed E-state index contributed by atoms with van der Waals surface area (Å²) in [5.41, 5.74) is 8.53. The van der Waals surface area contributed by atoms with Crippen molar-refractivity contribution in [2.75, 3.05) is 74.8 Å². The fourth-order valence-corrected chi connectivity index (χ4v) is 5.41. The fourth-order valence-electron chi connectivity index (χ4n) is 4.25. The summed E-state index contributed by atoms with van der Waals surface area (Å²) >= 11 is 0. The predicted octanol–water partition coefficient (Wildman–Crippen LogP) is 0.937. The Hall–Kier alpha value is -2.29. The van der Waals surface area contributed by atoms with Crippen molar-refractivity contribution in [2.45, 2.75) is 12.5 Å². The molecule has 0 radical (unpaired) electrons. The van der Waals surface area contributed by atoms with Crippen molar-refractivity contribution < 1.29 is 9.30 Å². The van der Waals surface area contributed by atoms with Gasteiger partial charge in [0, 0.05) is 69.6 Å². The van der Waals surface area contributed by atoms with Crippen LogP contribution in [0.4, 0.5) is 17.7 Å². The Balaban J connectivity index is 1.52. The van der Waals surface area contributed by atoms with Crippen LogP contribution < -0.4 is 15.5 Å². The van der Waals surface area contributed by atoms with E-state index in [9.17, 15) is 4.57 Å². The molecule has 0 aromatic carbocycles. The standard InChI is InChI=1S/C19H27N8O2P/c1-30(2,28)26-11-14(12-26)27-4-3-15-16(13-9-21-18(20)22-10-13)23-19(24-17(15)27)25-5-7-29-8-6-25/h9-10,14H,3-8,11-12H2,1-2H3,(H2,20,21,22). The smallest absolute Gasteiger partial charge is 0.228 e. The van der Waals surface area contributed by atoms with Gasteiger partial charge >= 0.3 is 0 Å². The molecule has 0 unspecified atom stereocenters. The molecule has 5 heterocycles. The first-order chi connectivity index (χ1) is 14.4. The van der Waals surface area contributed by atoms with Crippen LogP contribution in [0.5, 0.6) is 0 Å². The lowest BCUT2D eigenvalue weighted by atomic mass is 10.1. The molecule has 2 aromatic rings. The van der Waals surface area contributed by atoms with Crippen LogP contribution in [0.2, 0.25) is 0 Å². The molecule has 2 aromatic heterocycles. The lowest BCUT2D eigenvalue weighted by Gasteiger charge is -2.46. The van der Waals surface area contributed by atoms with Gasteiger partial charge in [-0.25, -0.2) is 19.6 Å². The number of fused-ring (bicyclic) bond motifs is 1. The van der Waals surface area contributed by atoms with Gasteiger partial charge < -0.3 is 24.8 Å². The quantitative estimate of drug-likeness (QED) is 0.703. The maximum Gasteiger partial charge on any atom is 0.228 e. The number of anilines is 3. The number of aromatic nitrogens is 4. The normalized spacial score (nSPS) is 20.3. The maximum absolute atomic E-state index is 12.4. The zero-order chi connectivity index (χ0) is 20.9. The van der Waals surface area contributed by atoms with E-state index in [0.29, 0.717) is 25.2 Å². The lowest BCUT2D eigenvalue weighted by Crippen LogP contribution is -2.57. The molecule has 0 saturated carbocycles. The monoisotopic (exact) mass is 430 g/mol. The number of hydrogen-bond acceptors (Lipinski definition) is 9. The van der Waals surface area contributed by atoms with Crippen molar-refractivity contribution in [3.05, 3.63) is 18.0 Å². The molecule has 2 saturated heterocycles. The molecule has 10 nitrogen and oxygen atoms in total. The molecule has 2 fully saturated rings. The summed E-state index contributed by atoms with van der Waals surface area (Å²) < 4.78 is 19.9. The first-order valence-corrected chi connectivity index (χ1v) is 12.8. The highest BCUT2D eigenvalue weighted by atomic mass is 31.2. The van der Waals surface area contributed by atoms with Gasteiger partial charge in [0.2, 0.25) is 11.9 Å². The molecule has 0 aliphatic carbocycles. The van der Waals surface area contributed by atoms with Crippen molar-refractivity contribution in [2.24, 2.45) is 0 Å². The van der Waals surface area contributed by atoms with E-state index < -0.39 is 7.29 Å². The molecule has 160 valence electrons. The number of hydrogen-bond donors (Lipinski definition) is 1. The molecule has 5 rings (SSSR count). The van der Waals surface area contributed by atoms with Crippen LogP contribution in [0.15, 0.2) is 12.4 Å². The summed E-state index contributed by atoms with van der Waals surface area (Å²) in [7, 11) is -2.20. The summed E-state index contributed by atoms with van der Waals surface area (Å²) in [5, 5.41) is 0. The van der Waals surface area contributed by atoms with E-state index in [1.54, 1.807) is 12.4 Å². The van der Waals surface area contributed by atoms with Crippen LogP contribution in [0.3, 0.4) is 0 Å². The van der Waals surface area contributed by atoms with Crippen LogP contribution in [-0.2, 0) is 15.7 Å². The Labute approximate surface area is 175 Å². The third-order valence-electron chi connectivity index (χ3n) is 6.05. The van der Waals surface area contributed by atoms with E-state index in [4.69, 9.17) is 20.4 Å². The van der Waals surface area contributed by atoms with E-state index >= 15 is 0 Å². The molecule has 2 N–H and O–H groups in total. The van der Waals surface area contributed by atoms with Crippen molar-refractivity contribution in [3.8, 4) is 11.3 Å². The fraction of sp³-hybridized carbons (Fsp3) is 0.579. The minimum atomic E-state index is -2.20. The highest BCUT2D eigenvalue weighted by Gasteiger charge is 2.41. The Morgan fingerprint density at radius 3 is 2.47 bits per heavy atom. The molecule has 0 amide bonds. The number of nitrogens with zero attached hydrogens (tertiary/aromatic N) is 7. The van der Waals surface area contributed by atoms with Crippen LogP contribution in [0.25, 0.3) is 11.3 Å². The lowest BCUT2D eigenvalue weighted by molar-refractivity contribution is 0.122. The Kier molecular flexibility index (Phi) is 4.88. The van der Waals surface area contributed by atoms with Gasteiger partial charge in [0.25, 0.3) is 0 Å². The molecular weight excluding hydrogens is 403 g/mol. The predicted molar refractivity (Wildman–Crippen MR) is 116 cm³/mol. The highest BCUT2D eigenvalue weighted by Crippen LogP contribution is 2.47. The number of ether oxygens (including phenoxy) is 1. The van der Waals surface area contributed by atoms with Crippen LogP contribution in [0.1, 0.15) is 5.56 Å². The summed E-state index contributed by atoms with van der Waals surface area (Å²) in [6.07, 6.45) is 4.32. The average Bonchev–Trinajstić information content (AvgIpc) is 3.10. The van der Waals surface area contributed by atoms with Gasteiger partial charge in [-0.1, -0.05) is 0 Å². The average molecular weight is 430 g/mol. The topological polar surface area (TPSA) is 114 Å². The van der Waals surface area contributed by atoms with Crippen molar-refractivity contribution in [1.29, 1.82) is 0 Å².